The van der Waals surface area contributed by atoms with Gasteiger partial charge in [-0.3, -0.25) is 23.4 Å². The van der Waals surface area contributed by atoms with Crippen LogP contribution in [0.5, 0.6) is 0 Å². The van der Waals surface area contributed by atoms with E-state index in [1.165, 1.54) is 109 Å². The number of hydrogen-bond acceptors (Lipinski definition) is 10. The molecule has 0 spiro atoms. The second kappa shape index (κ2) is 63.4. The molecule has 0 bridgehead atoms. The molecule has 3 atom stereocenters. The number of ether oxygens (including phenoxy) is 3. The average Bonchev–Trinajstić information content (AvgIpc) is 3.47. The Morgan fingerprint density at radius 2 is 0.634 bits per heavy atom. The summed E-state index contributed by atoms with van der Waals surface area (Å²) in [6.45, 7) is 4.49. The van der Waals surface area contributed by atoms with Gasteiger partial charge in [-0.1, -0.05) is 246 Å². The largest absolute Gasteiger partial charge is 0.472 e. The minimum absolute atomic E-state index is 0.144. The third-order valence-corrected chi connectivity index (χ3v) is 14.9. The zero-order chi connectivity index (χ0) is 59.8. The number of carbonyl (C=O) groups is 3. The lowest BCUT2D eigenvalue weighted by molar-refractivity contribution is -0.161. The van der Waals surface area contributed by atoms with Gasteiger partial charge in [0.05, 0.1) is 19.8 Å². The average molecular weight is 1170 g/mol. The van der Waals surface area contributed by atoms with Gasteiger partial charge in [-0.15, -0.1) is 0 Å². The normalized spacial score (nSPS) is 13.9. The van der Waals surface area contributed by atoms with E-state index in [1.807, 2.05) is 0 Å². The quantitative estimate of drug-likeness (QED) is 0.0197. The van der Waals surface area contributed by atoms with Gasteiger partial charge in [0, 0.05) is 19.3 Å². The molecule has 0 saturated heterocycles. The molecule has 11 nitrogen and oxygen atoms in total. The fraction of sp³-hybridized carbons (Fsp3) is 0.729. The molecular formula is C70H121O11P. The first-order chi connectivity index (χ1) is 40.2. The molecule has 0 heterocycles. The number of aliphatic hydroxyl groups excluding tert-OH is 1. The van der Waals surface area contributed by atoms with Gasteiger partial charge in [0.2, 0.25) is 0 Å². The van der Waals surface area contributed by atoms with Crippen molar-refractivity contribution in [3.8, 4) is 0 Å². The van der Waals surface area contributed by atoms with E-state index in [0.717, 1.165) is 122 Å². The van der Waals surface area contributed by atoms with Gasteiger partial charge < -0.3 is 24.2 Å². The smallest absolute Gasteiger partial charge is 0.462 e. The Bertz CT molecular complexity index is 1750. The molecule has 0 aromatic rings. The van der Waals surface area contributed by atoms with E-state index < -0.39 is 57.8 Å². The molecule has 0 rings (SSSR count). The molecule has 0 fully saturated rings. The molecule has 0 amide bonds. The van der Waals surface area contributed by atoms with Crippen molar-refractivity contribution < 1.29 is 52.2 Å². The van der Waals surface area contributed by atoms with E-state index >= 15 is 0 Å². The highest BCUT2D eigenvalue weighted by Crippen LogP contribution is 2.43. The summed E-state index contributed by atoms with van der Waals surface area (Å²) in [5, 5.41) is 9.87. The lowest BCUT2D eigenvalue weighted by Gasteiger charge is -2.21. The first-order valence-corrected chi connectivity index (χ1v) is 34.6. The Labute approximate surface area is 502 Å². The summed E-state index contributed by atoms with van der Waals surface area (Å²) in [6.07, 6.45) is 76.4. The summed E-state index contributed by atoms with van der Waals surface area (Å²) in [5.41, 5.74) is 0. The van der Waals surface area contributed by atoms with Crippen LogP contribution < -0.4 is 0 Å². The second-order valence-corrected chi connectivity index (χ2v) is 23.3. The van der Waals surface area contributed by atoms with E-state index in [1.54, 1.807) is 0 Å². The molecule has 0 saturated carbocycles. The zero-order valence-electron chi connectivity index (χ0n) is 52.4. The highest BCUT2D eigenvalue weighted by molar-refractivity contribution is 7.47. The third kappa shape index (κ3) is 61.0. The number of carbonyl (C=O) groups excluding carboxylic acids is 3. The van der Waals surface area contributed by atoms with Gasteiger partial charge in [-0.2, -0.15) is 0 Å². The molecule has 0 aromatic heterocycles. The summed E-state index contributed by atoms with van der Waals surface area (Å²) in [6, 6.07) is 0. The first kappa shape index (κ1) is 78.4. The fourth-order valence-electron chi connectivity index (χ4n) is 8.94. The summed E-state index contributed by atoms with van der Waals surface area (Å²) in [4.78, 5) is 48.8. The van der Waals surface area contributed by atoms with E-state index in [9.17, 15) is 28.9 Å². The number of allylic oxidation sites excluding steroid dienone is 16. The van der Waals surface area contributed by atoms with Crippen molar-refractivity contribution in [3.63, 3.8) is 0 Å². The fourth-order valence-corrected chi connectivity index (χ4v) is 9.72. The molecule has 472 valence electrons. The van der Waals surface area contributed by atoms with E-state index in [2.05, 4.69) is 118 Å². The molecule has 3 unspecified atom stereocenters. The number of phosphoric ester groups is 1. The lowest BCUT2D eigenvalue weighted by Crippen LogP contribution is -2.30. The molecule has 0 aromatic carbocycles. The molecule has 82 heavy (non-hydrogen) atoms. The van der Waals surface area contributed by atoms with Crippen LogP contribution in [0, 0.1) is 0 Å². The van der Waals surface area contributed by atoms with Crippen LogP contribution in [0.4, 0.5) is 0 Å². The van der Waals surface area contributed by atoms with Crippen molar-refractivity contribution in [1.29, 1.82) is 0 Å². The Hall–Kier alpha value is -3.60. The summed E-state index contributed by atoms with van der Waals surface area (Å²) >= 11 is 0. The van der Waals surface area contributed by atoms with Gasteiger partial charge in [0.25, 0.3) is 0 Å². The first-order valence-electron chi connectivity index (χ1n) is 33.1. The van der Waals surface area contributed by atoms with Crippen molar-refractivity contribution in [1.82, 2.24) is 0 Å². The minimum atomic E-state index is -4.77. The van der Waals surface area contributed by atoms with Crippen LogP contribution in [-0.2, 0) is 42.2 Å². The second-order valence-electron chi connectivity index (χ2n) is 21.9. The van der Waals surface area contributed by atoms with E-state index in [0.29, 0.717) is 19.3 Å². The number of unbranched alkanes of at least 4 members (excludes halogenated alkanes) is 28. The van der Waals surface area contributed by atoms with Crippen LogP contribution in [0.15, 0.2) is 97.2 Å². The lowest BCUT2D eigenvalue weighted by atomic mass is 10.1. The zero-order valence-corrected chi connectivity index (χ0v) is 53.3. The topological polar surface area (TPSA) is 155 Å². The molecule has 0 aliphatic rings. The van der Waals surface area contributed by atoms with Gasteiger partial charge in [0.15, 0.2) is 6.10 Å². The van der Waals surface area contributed by atoms with Crippen molar-refractivity contribution in [2.45, 2.75) is 303 Å². The van der Waals surface area contributed by atoms with Crippen molar-refractivity contribution in [2.24, 2.45) is 0 Å². The predicted octanol–water partition coefficient (Wildman–Crippen LogP) is 20.4. The Morgan fingerprint density at radius 1 is 0.354 bits per heavy atom. The Morgan fingerprint density at radius 3 is 1.01 bits per heavy atom. The molecule has 0 radical (unpaired) electrons. The third-order valence-electron chi connectivity index (χ3n) is 14.0. The standard InChI is InChI=1S/C70H121O11P/c1-4-7-10-13-16-19-22-25-28-31-33-36-39-42-45-48-51-54-57-60-69(73)80-66(62-71)64-78-82(75,76)79-65-67(63-77-68(72)59-56-53-50-47-44-41-38-35-30-27-24-21-18-15-12-9-6-3)81-70(74)61-58-55-52-49-46-43-40-37-34-32-29-26-23-20-17-14-11-8-5-2/h9,12,17-18,20-21,25-30,34,37-38,41,66-67,71H,4-8,10-11,13-16,19,22-24,31-33,35-36,39-40,42-65H2,1-3H3,(H,75,76)/b12-9-,20-17-,21-18-,28-25-,29-26-,30-27-,37-34-,41-38-. The van der Waals surface area contributed by atoms with Gasteiger partial charge >= 0.3 is 25.7 Å². The minimum Gasteiger partial charge on any atom is -0.462 e. The van der Waals surface area contributed by atoms with Crippen molar-refractivity contribution in [3.05, 3.63) is 97.2 Å². The van der Waals surface area contributed by atoms with Crippen LogP contribution in [0.1, 0.15) is 290 Å². The molecular weight excluding hydrogens is 1050 g/mol. The van der Waals surface area contributed by atoms with Gasteiger partial charge in [-0.25, -0.2) is 4.57 Å². The highest BCUT2D eigenvalue weighted by Gasteiger charge is 2.28. The molecule has 12 heteroatoms. The van der Waals surface area contributed by atoms with Crippen LogP contribution in [0.3, 0.4) is 0 Å². The summed E-state index contributed by atoms with van der Waals surface area (Å²) < 4.78 is 39.7. The summed E-state index contributed by atoms with van der Waals surface area (Å²) in [7, 11) is -4.77. The maximum atomic E-state index is 13.0. The molecule has 2 N–H and O–H groups in total. The predicted molar refractivity (Wildman–Crippen MR) is 344 cm³/mol. The SMILES string of the molecule is CC/C=C\C/C=C\C/C=C\C/C=C\CCCCCCC(=O)OCC(COP(=O)(O)OCC(CO)OC(=O)CCCCCCCCCCC/C=C\CCCCCCCC)OC(=O)CCCCCCCC/C=C\C/C=C\C/C=C\CCCCC. The number of phosphoric acid groups is 1. The maximum absolute atomic E-state index is 13.0. The number of rotatable bonds is 61. The monoisotopic (exact) mass is 1170 g/mol. The van der Waals surface area contributed by atoms with Crippen molar-refractivity contribution in [2.75, 3.05) is 26.4 Å². The van der Waals surface area contributed by atoms with E-state index in [-0.39, 0.29) is 25.9 Å². The van der Waals surface area contributed by atoms with Crippen molar-refractivity contribution >= 4 is 25.7 Å². The molecule has 0 aliphatic carbocycles. The van der Waals surface area contributed by atoms with Crippen LogP contribution in [0.25, 0.3) is 0 Å². The van der Waals surface area contributed by atoms with Crippen LogP contribution in [0.2, 0.25) is 0 Å². The van der Waals surface area contributed by atoms with E-state index in [4.69, 9.17) is 23.3 Å². The molecule has 0 aliphatic heterocycles. The Kier molecular flexibility index (Phi) is 60.6. The van der Waals surface area contributed by atoms with Crippen LogP contribution >= 0.6 is 7.82 Å². The number of hydrogen-bond donors (Lipinski definition) is 2. The highest BCUT2D eigenvalue weighted by atomic mass is 31.2. The number of esters is 3. The Balaban J connectivity index is 4.73. The van der Waals surface area contributed by atoms with Gasteiger partial charge in [-0.05, 0) is 122 Å². The van der Waals surface area contributed by atoms with Gasteiger partial charge in [0.1, 0.15) is 12.7 Å². The van der Waals surface area contributed by atoms with Crippen LogP contribution in [-0.4, -0.2) is 66.5 Å². The maximum Gasteiger partial charge on any atom is 0.472 e. The summed E-state index contributed by atoms with van der Waals surface area (Å²) in [5.74, 6) is -1.51. The number of aliphatic hydroxyl groups is 1.